The molecule has 0 aliphatic carbocycles. The molecule has 1 aromatic heterocycles. The third-order valence-electron chi connectivity index (χ3n) is 3.11. The molecular weight excluding hydrogens is 250 g/mol. The summed E-state index contributed by atoms with van der Waals surface area (Å²) in [5, 5.41) is 3.17. The number of benzene rings is 1. The van der Waals surface area contributed by atoms with Crippen molar-refractivity contribution in [2.75, 3.05) is 19.0 Å². The van der Waals surface area contributed by atoms with Crippen LogP contribution in [0.2, 0.25) is 0 Å². The van der Waals surface area contributed by atoms with Gasteiger partial charge < -0.3 is 10.1 Å². The van der Waals surface area contributed by atoms with Gasteiger partial charge in [0.25, 0.3) is 0 Å². The fourth-order valence-corrected chi connectivity index (χ4v) is 2.06. The van der Waals surface area contributed by atoms with Gasteiger partial charge in [-0.2, -0.15) is 0 Å². The Hall–Kier alpha value is -2.10. The summed E-state index contributed by atoms with van der Waals surface area (Å²) in [6.45, 7) is 5.07. The van der Waals surface area contributed by atoms with Crippen molar-refractivity contribution in [3.05, 3.63) is 47.3 Å². The number of nitrogens with zero attached hydrogens (tertiary/aromatic N) is 2. The molecule has 1 aromatic carbocycles. The topological polar surface area (TPSA) is 47.0 Å². The van der Waals surface area contributed by atoms with Crippen molar-refractivity contribution in [2.45, 2.75) is 26.7 Å². The van der Waals surface area contributed by atoms with Gasteiger partial charge in [0.15, 0.2) is 0 Å². The third-order valence-corrected chi connectivity index (χ3v) is 3.11. The lowest BCUT2D eigenvalue weighted by Gasteiger charge is -2.08. The van der Waals surface area contributed by atoms with E-state index in [1.165, 1.54) is 5.56 Å². The van der Waals surface area contributed by atoms with Crippen LogP contribution in [0.4, 0.5) is 5.95 Å². The number of hydrogen-bond donors (Lipinski definition) is 1. The van der Waals surface area contributed by atoms with Crippen molar-refractivity contribution < 1.29 is 4.74 Å². The molecule has 0 saturated heterocycles. The Morgan fingerprint density at radius 3 is 2.50 bits per heavy atom. The standard InChI is InChI=1S/C16H21N3O/c1-4-7-17-16-18-10-14(11-19-16)9-13-5-6-15(20-3)12(2)8-13/h5-6,8,10-11H,4,7,9H2,1-3H3,(H,17,18,19). The number of rotatable bonds is 6. The van der Waals surface area contributed by atoms with Gasteiger partial charge in [0.1, 0.15) is 5.75 Å². The highest BCUT2D eigenvalue weighted by Gasteiger charge is 2.02. The van der Waals surface area contributed by atoms with E-state index in [9.17, 15) is 0 Å². The molecule has 1 N–H and O–H groups in total. The highest BCUT2D eigenvalue weighted by atomic mass is 16.5. The molecule has 4 heteroatoms. The monoisotopic (exact) mass is 271 g/mol. The molecule has 0 spiro atoms. The largest absolute Gasteiger partial charge is 0.496 e. The fraction of sp³-hybridized carbons (Fsp3) is 0.375. The second kappa shape index (κ2) is 6.89. The quantitative estimate of drug-likeness (QED) is 0.876. The summed E-state index contributed by atoms with van der Waals surface area (Å²) >= 11 is 0. The van der Waals surface area contributed by atoms with Gasteiger partial charge in [-0.25, -0.2) is 9.97 Å². The number of methoxy groups -OCH3 is 1. The minimum Gasteiger partial charge on any atom is -0.496 e. The van der Waals surface area contributed by atoms with Gasteiger partial charge in [0.05, 0.1) is 7.11 Å². The fourth-order valence-electron chi connectivity index (χ4n) is 2.06. The zero-order valence-electron chi connectivity index (χ0n) is 12.3. The van der Waals surface area contributed by atoms with Crippen LogP contribution in [0.1, 0.15) is 30.0 Å². The second-order valence-corrected chi connectivity index (χ2v) is 4.82. The number of aryl methyl sites for hydroxylation is 1. The molecule has 0 aliphatic heterocycles. The summed E-state index contributed by atoms with van der Waals surface area (Å²) in [7, 11) is 1.69. The molecule has 0 unspecified atom stereocenters. The molecule has 0 aliphatic rings. The van der Waals surface area contributed by atoms with Crippen LogP contribution in [-0.2, 0) is 6.42 Å². The Morgan fingerprint density at radius 1 is 1.15 bits per heavy atom. The van der Waals surface area contributed by atoms with E-state index < -0.39 is 0 Å². The highest BCUT2D eigenvalue weighted by Crippen LogP contribution is 2.20. The van der Waals surface area contributed by atoms with Gasteiger partial charge in [-0.05, 0) is 36.1 Å². The normalized spacial score (nSPS) is 10.3. The lowest BCUT2D eigenvalue weighted by atomic mass is 10.0. The van der Waals surface area contributed by atoms with Crippen LogP contribution in [-0.4, -0.2) is 23.6 Å². The van der Waals surface area contributed by atoms with E-state index >= 15 is 0 Å². The minimum atomic E-state index is 0.696. The molecule has 4 nitrogen and oxygen atoms in total. The molecule has 2 rings (SSSR count). The third kappa shape index (κ3) is 3.70. The molecule has 1 heterocycles. The summed E-state index contributed by atoms with van der Waals surface area (Å²) in [5.74, 6) is 1.62. The van der Waals surface area contributed by atoms with E-state index in [0.29, 0.717) is 5.95 Å². The van der Waals surface area contributed by atoms with E-state index in [0.717, 1.165) is 36.3 Å². The maximum atomic E-state index is 5.27. The molecule has 0 saturated carbocycles. The van der Waals surface area contributed by atoms with Crippen LogP contribution in [0.25, 0.3) is 0 Å². The van der Waals surface area contributed by atoms with E-state index in [1.54, 1.807) is 7.11 Å². The van der Waals surface area contributed by atoms with Crippen molar-refractivity contribution in [3.63, 3.8) is 0 Å². The zero-order chi connectivity index (χ0) is 14.4. The minimum absolute atomic E-state index is 0.696. The summed E-state index contributed by atoms with van der Waals surface area (Å²) in [6.07, 6.45) is 5.66. The molecule has 106 valence electrons. The van der Waals surface area contributed by atoms with Gasteiger partial charge in [-0.15, -0.1) is 0 Å². The van der Waals surface area contributed by atoms with Crippen LogP contribution in [0.5, 0.6) is 5.75 Å². The Kier molecular flexibility index (Phi) is 4.93. The lowest BCUT2D eigenvalue weighted by Crippen LogP contribution is -2.04. The molecule has 20 heavy (non-hydrogen) atoms. The Morgan fingerprint density at radius 2 is 1.90 bits per heavy atom. The van der Waals surface area contributed by atoms with Gasteiger partial charge in [0, 0.05) is 25.4 Å². The van der Waals surface area contributed by atoms with E-state index in [-0.39, 0.29) is 0 Å². The number of nitrogens with one attached hydrogen (secondary N) is 1. The first-order chi connectivity index (χ1) is 9.72. The predicted octanol–water partition coefficient (Wildman–Crippen LogP) is 3.21. The molecule has 0 fully saturated rings. The van der Waals surface area contributed by atoms with Crippen molar-refractivity contribution in [3.8, 4) is 5.75 Å². The Bertz CT molecular complexity index is 552. The lowest BCUT2D eigenvalue weighted by molar-refractivity contribution is 0.411. The molecular formula is C16H21N3O. The Balaban J connectivity index is 2.04. The van der Waals surface area contributed by atoms with E-state index in [1.807, 2.05) is 18.5 Å². The van der Waals surface area contributed by atoms with Gasteiger partial charge in [-0.3, -0.25) is 0 Å². The first-order valence-electron chi connectivity index (χ1n) is 6.91. The summed E-state index contributed by atoms with van der Waals surface area (Å²) in [6, 6.07) is 6.22. The van der Waals surface area contributed by atoms with Crippen molar-refractivity contribution in [1.29, 1.82) is 0 Å². The highest BCUT2D eigenvalue weighted by molar-refractivity contribution is 5.38. The molecule has 0 bridgehead atoms. The van der Waals surface area contributed by atoms with Gasteiger partial charge in [0.2, 0.25) is 5.95 Å². The van der Waals surface area contributed by atoms with E-state index in [2.05, 4.69) is 41.3 Å². The number of hydrogen-bond acceptors (Lipinski definition) is 4. The van der Waals surface area contributed by atoms with Crippen LogP contribution in [0, 0.1) is 6.92 Å². The SMILES string of the molecule is CCCNc1ncc(Cc2ccc(OC)c(C)c2)cn1. The molecule has 0 atom stereocenters. The molecule has 2 aromatic rings. The first-order valence-corrected chi connectivity index (χ1v) is 6.91. The zero-order valence-corrected chi connectivity index (χ0v) is 12.3. The van der Waals surface area contributed by atoms with Crippen LogP contribution in [0.15, 0.2) is 30.6 Å². The smallest absolute Gasteiger partial charge is 0.222 e. The summed E-state index contributed by atoms with van der Waals surface area (Å²) in [4.78, 5) is 8.64. The first kappa shape index (κ1) is 14.3. The predicted molar refractivity (Wildman–Crippen MR) is 81.3 cm³/mol. The van der Waals surface area contributed by atoms with E-state index in [4.69, 9.17) is 4.74 Å². The average Bonchev–Trinajstić information content (AvgIpc) is 2.47. The number of ether oxygens (including phenoxy) is 1. The van der Waals surface area contributed by atoms with Gasteiger partial charge >= 0.3 is 0 Å². The van der Waals surface area contributed by atoms with Crippen molar-refractivity contribution in [2.24, 2.45) is 0 Å². The van der Waals surface area contributed by atoms with Crippen molar-refractivity contribution in [1.82, 2.24) is 9.97 Å². The van der Waals surface area contributed by atoms with Crippen LogP contribution in [0.3, 0.4) is 0 Å². The number of aromatic nitrogens is 2. The summed E-state index contributed by atoms with van der Waals surface area (Å²) in [5.41, 5.74) is 3.49. The average molecular weight is 271 g/mol. The number of anilines is 1. The molecule has 0 amide bonds. The summed E-state index contributed by atoms with van der Waals surface area (Å²) < 4.78 is 5.27. The van der Waals surface area contributed by atoms with Crippen LogP contribution >= 0.6 is 0 Å². The maximum absolute atomic E-state index is 5.27. The second-order valence-electron chi connectivity index (χ2n) is 4.82. The Labute approximate surface area is 120 Å². The molecule has 0 radical (unpaired) electrons. The maximum Gasteiger partial charge on any atom is 0.222 e. The van der Waals surface area contributed by atoms with Gasteiger partial charge in [-0.1, -0.05) is 19.1 Å². The van der Waals surface area contributed by atoms with Crippen molar-refractivity contribution >= 4 is 5.95 Å². The van der Waals surface area contributed by atoms with Crippen LogP contribution < -0.4 is 10.1 Å².